The first-order chi connectivity index (χ1) is 19.4. The topological polar surface area (TPSA) is 86.8 Å². The SMILES string of the molecule is CCC(C(=O)NCC(C)C)N(Cc1ccc(Cl)c(Cl)c1)C(=O)CN(c1cccc(Cl)c1C)S(=O)(=O)c1ccccc1. The molecule has 3 rings (SSSR count). The number of hydrogen-bond acceptors (Lipinski definition) is 4. The van der Waals surface area contributed by atoms with Crippen LogP contribution in [0, 0.1) is 12.8 Å². The largest absolute Gasteiger partial charge is 0.354 e. The first kappa shape index (κ1) is 32.7. The van der Waals surface area contributed by atoms with Gasteiger partial charge in [-0.05, 0) is 66.8 Å². The van der Waals surface area contributed by atoms with Crippen LogP contribution >= 0.6 is 34.8 Å². The Labute approximate surface area is 257 Å². The highest BCUT2D eigenvalue weighted by Crippen LogP contribution is 2.31. The van der Waals surface area contributed by atoms with Crippen LogP contribution in [0.15, 0.2) is 71.6 Å². The first-order valence-electron chi connectivity index (χ1n) is 13.2. The fourth-order valence-electron chi connectivity index (χ4n) is 4.28. The molecule has 3 aromatic rings. The number of anilines is 1. The van der Waals surface area contributed by atoms with Gasteiger partial charge >= 0.3 is 0 Å². The molecule has 3 aromatic carbocycles. The van der Waals surface area contributed by atoms with Gasteiger partial charge in [-0.25, -0.2) is 8.42 Å². The van der Waals surface area contributed by atoms with Gasteiger partial charge in [-0.2, -0.15) is 0 Å². The molecule has 0 radical (unpaired) electrons. The van der Waals surface area contributed by atoms with E-state index >= 15 is 0 Å². The van der Waals surface area contributed by atoms with Crippen molar-refractivity contribution in [1.29, 1.82) is 0 Å². The average Bonchev–Trinajstić information content (AvgIpc) is 2.94. The van der Waals surface area contributed by atoms with Crippen LogP contribution in [0.4, 0.5) is 5.69 Å². The fourth-order valence-corrected chi connectivity index (χ4v) is 6.26. The molecule has 0 heterocycles. The second-order valence-electron chi connectivity index (χ2n) is 10.0. The lowest BCUT2D eigenvalue weighted by Gasteiger charge is -2.33. The van der Waals surface area contributed by atoms with Gasteiger partial charge in [0, 0.05) is 18.1 Å². The van der Waals surface area contributed by atoms with Crippen LogP contribution in [-0.2, 0) is 26.2 Å². The minimum absolute atomic E-state index is 0.0110. The summed E-state index contributed by atoms with van der Waals surface area (Å²) in [6.07, 6.45) is 0.304. The van der Waals surface area contributed by atoms with E-state index in [1.54, 1.807) is 68.4 Å². The number of nitrogens with zero attached hydrogens (tertiary/aromatic N) is 2. The number of carbonyl (C=O) groups excluding carboxylic acids is 2. The molecule has 0 saturated carbocycles. The third-order valence-electron chi connectivity index (χ3n) is 6.53. The summed E-state index contributed by atoms with van der Waals surface area (Å²) in [5.74, 6) is -0.694. The van der Waals surface area contributed by atoms with Crippen LogP contribution in [0.3, 0.4) is 0 Å². The van der Waals surface area contributed by atoms with Crippen molar-refractivity contribution in [3.8, 4) is 0 Å². The molecule has 1 atom stereocenters. The van der Waals surface area contributed by atoms with E-state index < -0.39 is 28.5 Å². The Bertz CT molecular complexity index is 1480. The summed E-state index contributed by atoms with van der Waals surface area (Å²) in [5.41, 5.74) is 1.40. The van der Waals surface area contributed by atoms with Crippen molar-refractivity contribution in [2.75, 3.05) is 17.4 Å². The van der Waals surface area contributed by atoms with Crippen molar-refractivity contribution in [2.45, 2.75) is 51.6 Å². The molecule has 0 spiro atoms. The summed E-state index contributed by atoms with van der Waals surface area (Å²) in [6.45, 7) is 7.32. The van der Waals surface area contributed by atoms with E-state index in [0.717, 1.165) is 4.31 Å². The zero-order chi connectivity index (χ0) is 30.3. The van der Waals surface area contributed by atoms with Crippen molar-refractivity contribution in [1.82, 2.24) is 10.2 Å². The van der Waals surface area contributed by atoms with Crippen LogP contribution in [0.1, 0.15) is 38.3 Å². The molecule has 41 heavy (non-hydrogen) atoms. The van der Waals surface area contributed by atoms with E-state index in [1.807, 2.05) is 13.8 Å². The van der Waals surface area contributed by atoms with Crippen LogP contribution in [0.5, 0.6) is 0 Å². The Morgan fingerprint density at radius 1 is 0.902 bits per heavy atom. The number of amides is 2. The van der Waals surface area contributed by atoms with Gasteiger partial charge in [0.05, 0.1) is 20.6 Å². The highest BCUT2D eigenvalue weighted by atomic mass is 35.5. The normalized spacial score (nSPS) is 12.2. The van der Waals surface area contributed by atoms with Gasteiger partial charge in [-0.15, -0.1) is 0 Å². The first-order valence-corrected chi connectivity index (χ1v) is 15.8. The number of benzene rings is 3. The van der Waals surface area contributed by atoms with E-state index in [1.165, 1.54) is 17.0 Å². The van der Waals surface area contributed by atoms with Gasteiger partial charge in [-0.3, -0.25) is 13.9 Å². The van der Waals surface area contributed by atoms with Crippen LogP contribution < -0.4 is 9.62 Å². The van der Waals surface area contributed by atoms with Gasteiger partial charge in [0.2, 0.25) is 11.8 Å². The zero-order valence-electron chi connectivity index (χ0n) is 23.4. The zero-order valence-corrected chi connectivity index (χ0v) is 26.5. The minimum atomic E-state index is -4.19. The molecule has 11 heteroatoms. The van der Waals surface area contributed by atoms with Crippen molar-refractivity contribution in [2.24, 2.45) is 5.92 Å². The van der Waals surface area contributed by atoms with Crippen molar-refractivity contribution in [3.05, 3.63) is 92.9 Å². The number of nitrogens with one attached hydrogen (secondary N) is 1. The Morgan fingerprint density at radius 3 is 2.20 bits per heavy atom. The molecule has 1 unspecified atom stereocenters. The molecule has 0 bridgehead atoms. The van der Waals surface area contributed by atoms with Gasteiger partial charge in [0.15, 0.2) is 0 Å². The maximum absolute atomic E-state index is 14.1. The minimum Gasteiger partial charge on any atom is -0.354 e. The summed E-state index contributed by atoms with van der Waals surface area (Å²) >= 11 is 18.7. The maximum Gasteiger partial charge on any atom is 0.264 e. The predicted molar refractivity (Wildman–Crippen MR) is 166 cm³/mol. The van der Waals surface area contributed by atoms with Crippen molar-refractivity contribution >= 4 is 62.3 Å². The summed E-state index contributed by atoms with van der Waals surface area (Å²) in [5, 5.41) is 3.92. The molecule has 0 saturated heterocycles. The molecule has 2 amide bonds. The molecule has 0 aliphatic heterocycles. The Morgan fingerprint density at radius 2 is 1.59 bits per heavy atom. The lowest BCUT2D eigenvalue weighted by atomic mass is 10.1. The summed E-state index contributed by atoms with van der Waals surface area (Å²) < 4.78 is 28.9. The standard InChI is InChI=1S/C30H34Cl3N3O4S/c1-5-27(30(38)34-17-20(2)3)35(18-22-14-15-25(32)26(33)16-22)29(37)19-36(28-13-9-12-24(31)21(28)4)41(39,40)23-10-7-6-8-11-23/h6-16,20,27H,5,17-19H2,1-4H3,(H,34,38). The molecular formula is C30H34Cl3N3O4S. The monoisotopic (exact) mass is 637 g/mol. The molecule has 7 nitrogen and oxygen atoms in total. The molecular weight excluding hydrogens is 605 g/mol. The molecule has 220 valence electrons. The van der Waals surface area contributed by atoms with Crippen molar-refractivity contribution in [3.63, 3.8) is 0 Å². The van der Waals surface area contributed by atoms with E-state index in [9.17, 15) is 18.0 Å². The number of sulfonamides is 1. The molecule has 0 aliphatic rings. The lowest BCUT2D eigenvalue weighted by molar-refractivity contribution is -0.140. The number of hydrogen-bond donors (Lipinski definition) is 1. The van der Waals surface area contributed by atoms with Crippen molar-refractivity contribution < 1.29 is 18.0 Å². The second-order valence-corrected chi connectivity index (χ2v) is 13.1. The molecule has 0 fully saturated rings. The number of halogens is 3. The predicted octanol–water partition coefficient (Wildman–Crippen LogP) is 6.73. The number of carbonyl (C=O) groups is 2. The summed E-state index contributed by atoms with van der Waals surface area (Å²) in [4.78, 5) is 28.9. The Hall–Kier alpha value is -2.78. The van der Waals surface area contributed by atoms with E-state index in [-0.39, 0.29) is 29.0 Å². The number of rotatable bonds is 12. The van der Waals surface area contributed by atoms with E-state index in [2.05, 4.69) is 5.32 Å². The van der Waals surface area contributed by atoms with Gasteiger partial charge in [0.1, 0.15) is 12.6 Å². The smallest absolute Gasteiger partial charge is 0.264 e. The third kappa shape index (κ3) is 8.16. The molecule has 1 N–H and O–H groups in total. The lowest BCUT2D eigenvalue weighted by Crippen LogP contribution is -2.52. The average molecular weight is 639 g/mol. The summed E-state index contributed by atoms with van der Waals surface area (Å²) in [6, 6.07) is 16.8. The second kappa shape index (κ2) is 14.4. The Balaban J connectivity index is 2.09. The maximum atomic E-state index is 14.1. The van der Waals surface area contributed by atoms with Gasteiger partial charge in [-0.1, -0.05) is 85.9 Å². The third-order valence-corrected chi connectivity index (χ3v) is 9.45. The van der Waals surface area contributed by atoms with Crippen LogP contribution in [0.2, 0.25) is 15.1 Å². The van der Waals surface area contributed by atoms with Gasteiger partial charge < -0.3 is 10.2 Å². The van der Waals surface area contributed by atoms with E-state index in [0.29, 0.717) is 39.2 Å². The van der Waals surface area contributed by atoms with Crippen LogP contribution in [0.25, 0.3) is 0 Å². The highest BCUT2D eigenvalue weighted by Gasteiger charge is 2.34. The van der Waals surface area contributed by atoms with E-state index in [4.69, 9.17) is 34.8 Å². The summed E-state index contributed by atoms with van der Waals surface area (Å²) in [7, 11) is -4.19. The fraction of sp³-hybridized carbons (Fsp3) is 0.333. The Kier molecular flexibility index (Phi) is 11.5. The quantitative estimate of drug-likeness (QED) is 0.238. The van der Waals surface area contributed by atoms with Crippen LogP contribution in [-0.4, -0.2) is 44.3 Å². The van der Waals surface area contributed by atoms with Gasteiger partial charge in [0.25, 0.3) is 10.0 Å². The molecule has 0 aromatic heterocycles. The molecule has 0 aliphatic carbocycles. The highest BCUT2D eigenvalue weighted by molar-refractivity contribution is 7.92.